The van der Waals surface area contributed by atoms with Crippen molar-refractivity contribution in [2.75, 3.05) is 6.61 Å². The van der Waals surface area contributed by atoms with E-state index < -0.39 is 47.3 Å². The molecule has 0 saturated heterocycles. The van der Waals surface area contributed by atoms with Crippen molar-refractivity contribution in [2.24, 2.45) is 11.0 Å². The number of alkyl halides is 3. The van der Waals surface area contributed by atoms with E-state index in [0.717, 1.165) is 12.1 Å². The lowest BCUT2D eigenvalue weighted by Gasteiger charge is -2.23. The van der Waals surface area contributed by atoms with E-state index in [2.05, 4.69) is 10.5 Å². The molecule has 1 aromatic carbocycles. The number of benzene rings is 1. The first-order valence-electron chi connectivity index (χ1n) is 7.52. The third-order valence-electron chi connectivity index (χ3n) is 3.50. The van der Waals surface area contributed by atoms with Crippen molar-refractivity contribution >= 4 is 11.6 Å². The number of ether oxygens (including phenoxy) is 1. The lowest BCUT2D eigenvalue weighted by Crippen LogP contribution is -2.33. The average molecular weight is 362 g/mol. The molecular weight excluding hydrogens is 344 g/mol. The fourth-order valence-electron chi connectivity index (χ4n) is 2.37. The van der Waals surface area contributed by atoms with Crippen LogP contribution in [0.3, 0.4) is 0 Å². The van der Waals surface area contributed by atoms with Gasteiger partial charge in [-0.1, -0.05) is 6.92 Å². The van der Waals surface area contributed by atoms with Crippen molar-refractivity contribution in [3.63, 3.8) is 0 Å². The largest absolute Gasteiger partial charge is 0.490 e. The molecule has 1 amide bonds. The lowest BCUT2D eigenvalue weighted by atomic mass is 9.92. The van der Waals surface area contributed by atoms with Crippen LogP contribution in [0.1, 0.15) is 38.3 Å². The Kier molecular flexibility index (Phi) is 5.08. The number of carbonyl (C=O) groups excluding carboxylic acids is 1. The van der Waals surface area contributed by atoms with E-state index in [1.165, 1.54) is 13.8 Å². The predicted molar refractivity (Wildman–Crippen MR) is 81.7 cm³/mol. The van der Waals surface area contributed by atoms with Crippen LogP contribution >= 0.6 is 0 Å². The topological polar surface area (TPSA) is 70.9 Å². The summed E-state index contributed by atoms with van der Waals surface area (Å²) in [6.07, 6.45) is -5.01. The molecule has 2 rings (SSSR count). The summed E-state index contributed by atoms with van der Waals surface area (Å²) in [6.45, 7) is 3.84. The first-order chi connectivity index (χ1) is 11.4. The number of nitrogens with one attached hydrogen (secondary N) is 1. The van der Waals surface area contributed by atoms with Crippen LogP contribution < -0.4 is 10.2 Å². The third kappa shape index (κ3) is 4.47. The minimum atomic E-state index is -5.00. The van der Waals surface area contributed by atoms with Gasteiger partial charge >= 0.3 is 6.18 Å². The summed E-state index contributed by atoms with van der Waals surface area (Å²) < 4.78 is 59.7. The molecule has 0 spiro atoms. The van der Waals surface area contributed by atoms with Gasteiger partial charge in [-0.15, -0.1) is 0 Å². The van der Waals surface area contributed by atoms with Gasteiger partial charge in [0.05, 0.1) is 11.3 Å². The zero-order valence-electron chi connectivity index (χ0n) is 13.9. The molecule has 0 radical (unpaired) electrons. The maximum atomic E-state index is 14.6. The molecule has 2 N–H and O–H groups in total. The number of aliphatic hydroxyl groups is 1. The van der Waals surface area contributed by atoms with E-state index in [1.807, 2.05) is 0 Å². The van der Waals surface area contributed by atoms with Crippen molar-refractivity contribution in [1.82, 2.24) is 5.43 Å². The van der Waals surface area contributed by atoms with Gasteiger partial charge in [-0.25, -0.2) is 9.82 Å². The minimum Gasteiger partial charge on any atom is -0.490 e. The van der Waals surface area contributed by atoms with Crippen LogP contribution in [-0.4, -0.2) is 28.9 Å². The van der Waals surface area contributed by atoms with Crippen molar-refractivity contribution in [3.8, 4) is 5.75 Å². The molecule has 0 bridgehead atoms. The summed E-state index contributed by atoms with van der Waals surface area (Å²) in [6, 6.07) is 2.11. The van der Waals surface area contributed by atoms with E-state index in [0.29, 0.717) is 0 Å². The first kappa shape index (κ1) is 19.2. The van der Waals surface area contributed by atoms with Gasteiger partial charge in [-0.05, 0) is 26.0 Å². The minimum absolute atomic E-state index is 0.00340. The molecule has 25 heavy (non-hydrogen) atoms. The Morgan fingerprint density at radius 1 is 1.36 bits per heavy atom. The Labute approximate surface area is 141 Å². The second-order valence-electron chi connectivity index (χ2n) is 6.54. The van der Waals surface area contributed by atoms with Gasteiger partial charge < -0.3 is 9.84 Å². The molecule has 138 valence electrons. The molecule has 1 heterocycles. The maximum absolute atomic E-state index is 14.6. The average Bonchev–Trinajstić information content (AvgIpc) is 2.44. The van der Waals surface area contributed by atoms with Gasteiger partial charge in [0.1, 0.15) is 23.7 Å². The standard InChI is InChI=1S/C16H18F4N2O3/c1-8-6-11(23)21-22-14(8)9-4-5-10(25-7-15(2,3)24)12(13(9)17)16(18,19)20/h4-5,8,24H,6-7H2,1-3H3,(H,21,23)/t8-/m1/s1. The number of hydrazone groups is 1. The predicted octanol–water partition coefficient (Wildman–Crippen LogP) is 2.85. The second kappa shape index (κ2) is 6.62. The second-order valence-corrected chi connectivity index (χ2v) is 6.54. The molecule has 0 unspecified atom stereocenters. The quantitative estimate of drug-likeness (QED) is 0.809. The fraction of sp³-hybridized carbons (Fsp3) is 0.500. The van der Waals surface area contributed by atoms with Crippen LogP contribution in [0.4, 0.5) is 17.6 Å². The number of nitrogens with zero attached hydrogens (tertiary/aromatic N) is 1. The normalized spacial score (nSPS) is 18.6. The van der Waals surface area contributed by atoms with E-state index in [1.54, 1.807) is 6.92 Å². The molecule has 0 fully saturated rings. The number of hydrogen-bond donors (Lipinski definition) is 2. The van der Waals surface area contributed by atoms with E-state index in [-0.39, 0.29) is 17.7 Å². The molecule has 0 aromatic heterocycles. The highest BCUT2D eigenvalue weighted by Crippen LogP contribution is 2.40. The Balaban J connectivity index is 2.50. The Morgan fingerprint density at radius 2 is 2.00 bits per heavy atom. The number of amides is 1. The zero-order chi connectivity index (χ0) is 19.0. The van der Waals surface area contributed by atoms with E-state index in [4.69, 9.17) is 4.74 Å². The summed E-state index contributed by atoms with van der Waals surface area (Å²) in [5.74, 6) is -3.17. The summed E-state index contributed by atoms with van der Waals surface area (Å²) >= 11 is 0. The summed E-state index contributed by atoms with van der Waals surface area (Å²) in [4.78, 5) is 11.3. The maximum Gasteiger partial charge on any atom is 0.422 e. The molecule has 0 saturated carbocycles. The van der Waals surface area contributed by atoms with Crippen molar-refractivity contribution in [3.05, 3.63) is 29.1 Å². The van der Waals surface area contributed by atoms with Crippen molar-refractivity contribution in [1.29, 1.82) is 0 Å². The van der Waals surface area contributed by atoms with Crippen LogP contribution in [0.25, 0.3) is 0 Å². The molecule has 1 aliphatic rings. The molecular formula is C16H18F4N2O3. The van der Waals surface area contributed by atoms with Gasteiger partial charge in [-0.3, -0.25) is 4.79 Å². The lowest BCUT2D eigenvalue weighted by molar-refractivity contribution is -0.141. The van der Waals surface area contributed by atoms with Crippen molar-refractivity contribution in [2.45, 2.75) is 39.0 Å². The summed E-state index contributed by atoms with van der Waals surface area (Å²) in [7, 11) is 0. The SMILES string of the molecule is C[C@@H]1CC(=O)NN=C1c1ccc(OCC(C)(C)O)c(C(F)(F)F)c1F. The van der Waals surface area contributed by atoms with Gasteiger partial charge in [0.2, 0.25) is 5.91 Å². The highest BCUT2D eigenvalue weighted by molar-refractivity contribution is 6.06. The molecule has 1 atom stereocenters. The molecule has 1 aromatic rings. The van der Waals surface area contributed by atoms with Crippen LogP contribution in [0, 0.1) is 11.7 Å². The first-order valence-corrected chi connectivity index (χ1v) is 7.52. The van der Waals surface area contributed by atoms with Crippen LogP contribution in [-0.2, 0) is 11.0 Å². The number of rotatable bonds is 4. The Hall–Kier alpha value is -2.16. The molecule has 0 aliphatic carbocycles. The molecule has 5 nitrogen and oxygen atoms in total. The molecule has 1 aliphatic heterocycles. The highest BCUT2D eigenvalue weighted by atomic mass is 19.4. The fourth-order valence-corrected chi connectivity index (χ4v) is 2.37. The monoisotopic (exact) mass is 362 g/mol. The third-order valence-corrected chi connectivity index (χ3v) is 3.50. The van der Waals surface area contributed by atoms with E-state index in [9.17, 15) is 27.5 Å². The highest BCUT2D eigenvalue weighted by Gasteiger charge is 2.40. The van der Waals surface area contributed by atoms with Gasteiger partial charge in [0.25, 0.3) is 0 Å². The van der Waals surface area contributed by atoms with Crippen LogP contribution in [0.2, 0.25) is 0 Å². The summed E-state index contributed by atoms with van der Waals surface area (Å²) in [5, 5.41) is 13.3. The van der Waals surface area contributed by atoms with Crippen molar-refractivity contribution < 1.29 is 32.2 Å². The zero-order valence-corrected chi connectivity index (χ0v) is 13.9. The van der Waals surface area contributed by atoms with Gasteiger partial charge in [-0.2, -0.15) is 18.3 Å². The Bertz CT molecular complexity index is 709. The Morgan fingerprint density at radius 3 is 2.52 bits per heavy atom. The number of halogens is 4. The van der Waals surface area contributed by atoms with Gasteiger partial charge in [0, 0.05) is 17.9 Å². The molecule has 9 heteroatoms. The van der Waals surface area contributed by atoms with Gasteiger partial charge in [0.15, 0.2) is 0 Å². The number of hydrogen-bond acceptors (Lipinski definition) is 4. The van der Waals surface area contributed by atoms with E-state index >= 15 is 0 Å². The number of carbonyl (C=O) groups is 1. The smallest absolute Gasteiger partial charge is 0.422 e. The summed E-state index contributed by atoms with van der Waals surface area (Å²) in [5.41, 5.74) is -1.14. The van der Waals surface area contributed by atoms with Crippen LogP contribution in [0.15, 0.2) is 17.2 Å². The van der Waals surface area contributed by atoms with Crippen LogP contribution in [0.5, 0.6) is 5.75 Å².